The van der Waals surface area contributed by atoms with Crippen LogP contribution in [0, 0.1) is 34.0 Å². The van der Waals surface area contributed by atoms with Crippen molar-refractivity contribution in [1.82, 2.24) is 30.7 Å². The van der Waals surface area contributed by atoms with Crippen LogP contribution < -0.4 is 21.7 Å². The predicted molar refractivity (Wildman–Crippen MR) is 193 cm³/mol. The Kier molecular flexibility index (Phi) is 11.1. The number of carbonyl (C=O) groups is 5. The molecule has 0 aromatic rings. The van der Waals surface area contributed by atoms with Crippen LogP contribution in [-0.4, -0.2) is 114 Å². The number of amides is 5. The first-order valence-electron chi connectivity index (χ1n) is 19.3. The standard InChI is InChI=1S/C38H65N7O5/c1-22(2)28(20-44-18-24(5)43(9)25(6)19-44)41-35(50)42-30(23(3)4)34(49)45-21-38(36(7,8)37(38)14-11-15-37)17-29(45)33(48)40-27(31(46)32(39)47)16-26-12-10-13-26/h22-30H,10-21H2,1-9H3,(H2,39,47)(H,40,48)(H2,41,42,50)/t24-,25+,27?,28-,29+,30+,38-/m1/s1. The van der Waals surface area contributed by atoms with Crippen LogP contribution in [-0.2, 0) is 19.2 Å². The largest absolute Gasteiger partial charge is 0.363 e. The van der Waals surface area contributed by atoms with E-state index in [2.05, 4.69) is 74.3 Å². The lowest BCUT2D eigenvalue weighted by Gasteiger charge is -2.44. The van der Waals surface area contributed by atoms with Gasteiger partial charge < -0.3 is 26.6 Å². The SMILES string of the molecule is CC(C)[C@H](NC(=O)N[C@H](CN1C[C@@H](C)N(C)[C@@H](C)C1)C(C)C)C(=O)N1C[C@]2(C[C@H]1C(=O)NC(CC1CCC1)C(=O)C(N)=O)C(C)(C)C21CCC1. The molecule has 3 aliphatic carbocycles. The number of nitrogens with two attached hydrogens (primary N) is 1. The summed E-state index contributed by atoms with van der Waals surface area (Å²) < 4.78 is 0. The molecule has 5 fully saturated rings. The Hall–Kier alpha value is -2.73. The third kappa shape index (κ3) is 6.79. The number of carbonyl (C=O) groups excluding carboxylic acids is 5. The number of rotatable bonds is 13. The average Bonchev–Trinajstić information content (AvgIpc) is 3.21. The van der Waals surface area contributed by atoms with Gasteiger partial charge in [0, 0.05) is 49.7 Å². The van der Waals surface area contributed by atoms with E-state index in [9.17, 15) is 24.0 Å². The van der Waals surface area contributed by atoms with Gasteiger partial charge in [0.15, 0.2) is 0 Å². The maximum atomic E-state index is 14.6. The molecule has 2 aliphatic heterocycles. The molecule has 12 heteroatoms. The molecule has 0 aromatic heterocycles. The number of likely N-dealkylation sites (tertiary alicyclic amines) is 1. The monoisotopic (exact) mass is 700 g/mol. The maximum Gasteiger partial charge on any atom is 0.315 e. The number of urea groups is 1. The number of primary amides is 1. The summed E-state index contributed by atoms with van der Waals surface area (Å²) in [5.41, 5.74) is 5.21. The summed E-state index contributed by atoms with van der Waals surface area (Å²) in [5.74, 6) is -2.37. The van der Waals surface area contributed by atoms with E-state index in [1.807, 2.05) is 13.8 Å². The molecule has 50 heavy (non-hydrogen) atoms. The smallest absolute Gasteiger partial charge is 0.315 e. The fourth-order valence-electron chi connectivity index (χ4n) is 10.2. The molecule has 0 bridgehead atoms. The van der Waals surface area contributed by atoms with E-state index in [-0.39, 0.29) is 45.9 Å². The van der Waals surface area contributed by atoms with Crippen molar-refractivity contribution in [3.8, 4) is 0 Å². The van der Waals surface area contributed by atoms with Gasteiger partial charge in [-0.25, -0.2) is 4.79 Å². The Morgan fingerprint density at radius 1 is 0.860 bits per heavy atom. The van der Waals surface area contributed by atoms with E-state index in [4.69, 9.17) is 5.73 Å². The molecule has 5 rings (SSSR count). The zero-order valence-electron chi connectivity index (χ0n) is 32.1. The quantitative estimate of drug-likeness (QED) is 0.216. The zero-order valence-corrected chi connectivity index (χ0v) is 32.1. The van der Waals surface area contributed by atoms with Crippen LogP contribution in [0.1, 0.15) is 107 Å². The number of fused-ring (bicyclic) bond motifs is 1. The second-order valence-corrected chi connectivity index (χ2v) is 17.9. The lowest BCUT2D eigenvalue weighted by atomic mass is 9.73. The Balaban J connectivity index is 1.33. The molecule has 0 radical (unpaired) electrons. The van der Waals surface area contributed by atoms with Crippen molar-refractivity contribution < 1.29 is 24.0 Å². The summed E-state index contributed by atoms with van der Waals surface area (Å²) in [4.78, 5) is 73.8. The molecule has 2 heterocycles. The molecule has 0 aromatic carbocycles. The first-order valence-corrected chi connectivity index (χ1v) is 19.3. The van der Waals surface area contributed by atoms with Gasteiger partial charge in [0.05, 0.1) is 6.04 Å². The fourth-order valence-corrected chi connectivity index (χ4v) is 10.2. The van der Waals surface area contributed by atoms with E-state index in [1.165, 1.54) is 0 Å². The van der Waals surface area contributed by atoms with Crippen molar-refractivity contribution in [2.45, 2.75) is 143 Å². The molecule has 2 spiro atoms. The van der Waals surface area contributed by atoms with Gasteiger partial charge in [0.25, 0.3) is 5.91 Å². The first-order chi connectivity index (χ1) is 23.4. The number of piperazine rings is 1. The average molecular weight is 700 g/mol. The number of nitrogens with zero attached hydrogens (tertiary/aromatic N) is 3. The van der Waals surface area contributed by atoms with Gasteiger partial charge in [0.2, 0.25) is 17.6 Å². The molecule has 5 amide bonds. The van der Waals surface area contributed by atoms with E-state index in [0.29, 0.717) is 38.0 Å². The summed E-state index contributed by atoms with van der Waals surface area (Å²) in [6, 6.07) is -2.36. The predicted octanol–water partition coefficient (Wildman–Crippen LogP) is 2.89. The normalized spacial score (nSPS) is 30.8. The number of nitrogens with one attached hydrogen (secondary N) is 3. The topological polar surface area (TPSA) is 157 Å². The second-order valence-electron chi connectivity index (χ2n) is 17.9. The molecule has 1 unspecified atom stereocenters. The van der Waals surface area contributed by atoms with Crippen molar-refractivity contribution in [2.75, 3.05) is 33.2 Å². The van der Waals surface area contributed by atoms with Crippen LogP contribution in [0.5, 0.6) is 0 Å². The van der Waals surface area contributed by atoms with Crippen LogP contribution in [0.3, 0.4) is 0 Å². The van der Waals surface area contributed by atoms with Crippen LogP contribution in [0.15, 0.2) is 0 Å². The van der Waals surface area contributed by atoms with Gasteiger partial charge in [-0.05, 0) is 75.2 Å². The Morgan fingerprint density at radius 2 is 1.48 bits per heavy atom. The summed E-state index contributed by atoms with van der Waals surface area (Å²) in [7, 11) is 2.16. The minimum Gasteiger partial charge on any atom is -0.363 e. The van der Waals surface area contributed by atoms with Crippen LogP contribution in [0.25, 0.3) is 0 Å². The first kappa shape index (κ1) is 38.5. The highest BCUT2D eigenvalue weighted by Crippen LogP contribution is 2.88. The van der Waals surface area contributed by atoms with Gasteiger partial charge in [0.1, 0.15) is 12.1 Å². The second kappa shape index (κ2) is 14.4. The number of ketones is 1. The summed E-state index contributed by atoms with van der Waals surface area (Å²) in [5, 5.41) is 9.09. The van der Waals surface area contributed by atoms with E-state index >= 15 is 0 Å². The van der Waals surface area contributed by atoms with E-state index < -0.39 is 41.8 Å². The van der Waals surface area contributed by atoms with Crippen LogP contribution in [0.4, 0.5) is 4.79 Å². The molecule has 282 valence electrons. The Bertz CT molecular complexity index is 1310. The molecular weight excluding hydrogens is 634 g/mol. The highest BCUT2D eigenvalue weighted by atomic mass is 16.2. The minimum absolute atomic E-state index is 0.0545. The van der Waals surface area contributed by atoms with Crippen LogP contribution >= 0.6 is 0 Å². The molecule has 2 saturated heterocycles. The molecular formula is C38H65N7O5. The summed E-state index contributed by atoms with van der Waals surface area (Å²) >= 11 is 0. The van der Waals surface area contributed by atoms with Crippen molar-refractivity contribution in [2.24, 2.45) is 39.7 Å². The molecule has 5 aliphatic rings. The number of hydrogen-bond donors (Lipinski definition) is 4. The van der Waals surface area contributed by atoms with Crippen molar-refractivity contribution in [3.05, 3.63) is 0 Å². The molecule has 7 atom stereocenters. The third-order valence-corrected chi connectivity index (χ3v) is 14.3. The lowest BCUT2D eigenvalue weighted by Crippen LogP contribution is -2.61. The third-order valence-electron chi connectivity index (χ3n) is 14.3. The fraction of sp³-hybridized carbons (Fsp3) is 0.868. The number of likely N-dealkylation sites (N-methyl/N-ethyl adjacent to an activating group) is 1. The lowest BCUT2D eigenvalue weighted by molar-refractivity contribution is -0.142. The molecule has 5 N–H and O–H groups in total. The van der Waals surface area contributed by atoms with Gasteiger partial charge in [-0.1, -0.05) is 67.2 Å². The van der Waals surface area contributed by atoms with Crippen molar-refractivity contribution in [1.29, 1.82) is 0 Å². The maximum absolute atomic E-state index is 14.6. The van der Waals surface area contributed by atoms with Crippen molar-refractivity contribution >= 4 is 29.5 Å². The Morgan fingerprint density at radius 3 is 1.94 bits per heavy atom. The van der Waals surface area contributed by atoms with E-state index in [0.717, 1.165) is 51.6 Å². The van der Waals surface area contributed by atoms with Gasteiger partial charge in [-0.3, -0.25) is 29.0 Å². The summed E-state index contributed by atoms with van der Waals surface area (Å²) in [6.07, 6.45) is 7.08. The zero-order chi connectivity index (χ0) is 36.9. The number of hydrogen-bond acceptors (Lipinski definition) is 7. The summed E-state index contributed by atoms with van der Waals surface area (Å²) in [6.45, 7) is 20.0. The van der Waals surface area contributed by atoms with E-state index in [1.54, 1.807) is 4.90 Å². The highest BCUT2D eigenvalue weighted by molar-refractivity contribution is 6.37. The molecule has 12 nitrogen and oxygen atoms in total. The van der Waals surface area contributed by atoms with Gasteiger partial charge >= 0.3 is 6.03 Å². The van der Waals surface area contributed by atoms with Gasteiger partial charge in [-0.15, -0.1) is 0 Å². The molecule has 3 saturated carbocycles. The van der Waals surface area contributed by atoms with Gasteiger partial charge in [-0.2, -0.15) is 0 Å². The van der Waals surface area contributed by atoms with Crippen LogP contribution in [0.2, 0.25) is 0 Å². The number of Topliss-reactive ketones (excluding diaryl/α,β-unsaturated/α-hetero) is 1. The minimum atomic E-state index is -1.06. The van der Waals surface area contributed by atoms with Crippen molar-refractivity contribution in [3.63, 3.8) is 0 Å². The highest BCUT2D eigenvalue weighted by Gasteiger charge is 2.85. The Labute approximate surface area is 299 Å².